The molecule has 0 amide bonds. The van der Waals surface area contributed by atoms with Gasteiger partial charge in [0, 0.05) is 7.11 Å². The first-order valence-corrected chi connectivity index (χ1v) is 6.78. The van der Waals surface area contributed by atoms with Crippen LogP contribution in [-0.4, -0.2) is 32.9 Å². The Morgan fingerprint density at radius 3 is 3.06 bits per heavy atom. The molecule has 1 aliphatic heterocycles. The van der Waals surface area contributed by atoms with Crippen LogP contribution in [-0.2, 0) is 15.9 Å². The molecule has 0 aromatic heterocycles. The third-order valence-corrected chi connectivity index (χ3v) is 3.40. The van der Waals surface area contributed by atoms with E-state index in [-0.39, 0.29) is 12.1 Å². The summed E-state index contributed by atoms with van der Waals surface area (Å²) in [7, 11) is 1.75. The fraction of sp³-hybridized carbons (Fsp3) is 0.600. The summed E-state index contributed by atoms with van der Waals surface area (Å²) in [5.74, 6) is 0. The zero-order valence-electron chi connectivity index (χ0n) is 11.3. The summed E-state index contributed by atoms with van der Waals surface area (Å²) in [6.07, 6.45) is 2.25. The summed E-state index contributed by atoms with van der Waals surface area (Å²) < 4.78 is 11.3. The number of ether oxygens (including phenoxy) is 2. The number of fused-ring (bicyclic) bond motifs is 1. The Labute approximate surface area is 109 Å². The zero-order valence-corrected chi connectivity index (χ0v) is 11.3. The van der Waals surface area contributed by atoms with Gasteiger partial charge in [0.25, 0.3) is 0 Å². The van der Waals surface area contributed by atoms with Gasteiger partial charge in [-0.3, -0.25) is 0 Å². The van der Waals surface area contributed by atoms with Gasteiger partial charge in [-0.1, -0.05) is 31.2 Å². The second-order valence-corrected chi connectivity index (χ2v) is 4.76. The van der Waals surface area contributed by atoms with E-state index in [2.05, 4.69) is 36.5 Å². The molecule has 0 saturated heterocycles. The van der Waals surface area contributed by atoms with Gasteiger partial charge >= 0.3 is 0 Å². The van der Waals surface area contributed by atoms with Gasteiger partial charge in [0.1, 0.15) is 6.10 Å². The van der Waals surface area contributed by atoms with Crippen molar-refractivity contribution in [1.29, 1.82) is 0 Å². The van der Waals surface area contributed by atoms with Gasteiger partial charge in [-0.25, -0.2) is 0 Å². The molecular weight excluding hydrogens is 226 g/mol. The molecule has 0 spiro atoms. The van der Waals surface area contributed by atoms with Gasteiger partial charge in [0.2, 0.25) is 0 Å². The van der Waals surface area contributed by atoms with E-state index >= 15 is 0 Å². The number of benzene rings is 1. The van der Waals surface area contributed by atoms with E-state index in [4.69, 9.17) is 9.47 Å². The average Bonchev–Trinajstić information content (AvgIpc) is 2.43. The van der Waals surface area contributed by atoms with Crippen LogP contribution in [0.25, 0.3) is 0 Å². The molecule has 1 aromatic rings. The van der Waals surface area contributed by atoms with Crippen LogP contribution in [0.3, 0.4) is 0 Å². The zero-order chi connectivity index (χ0) is 12.8. The Kier molecular flexibility index (Phi) is 5.17. The quantitative estimate of drug-likeness (QED) is 0.839. The molecule has 3 heteroatoms. The Balaban J connectivity index is 2.15. The molecule has 100 valence electrons. The molecule has 1 N–H and O–H groups in total. The lowest BCUT2D eigenvalue weighted by Gasteiger charge is -2.32. The van der Waals surface area contributed by atoms with Crippen molar-refractivity contribution in [2.45, 2.75) is 31.9 Å². The van der Waals surface area contributed by atoms with Crippen LogP contribution in [0.5, 0.6) is 0 Å². The van der Waals surface area contributed by atoms with Crippen molar-refractivity contribution < 1.29 is 9.47 Å². The van der Waals surface area contributed by atoms with Gasteiger partial charge < -0.3 is 14.8 Å². The van der Waals surface area contributed by atoms with Crippen molar-refractivity contribution in [1.82, 2.24) is 5.32 Å². The number of nitrogens with one attached hydrogen (secondary N) is 1. The topological polar surface area (TPSA) is 30.5 Å². The number of methoxy groups -OCH3 is 1. The molecule has 1 heterocycles. The van der Waals surface area contributed by atoms with Crippen molar-refractivity contribution in [2.24, 2.45) is 0 Å². The molecule has 2 unspecified atom stereocenters. The third kappa shape index (κ3) is 3.10. The molecule has 0 radical (unpaired) electrons. The molecule has 0 fully saturated rings. The van der Waals surface area contributed by atoms with E-state index in [1.54, 1.807) is 7.11 Å². The van der Waals surface area contributed by atoms with Gasteiger partial charge in [-0.05, 0) is 30.5 Å². The van der Waals surface area contributed by atoms with E-state index < -0.39 is 0 Å². The first-order valence-electron chi connectivity index (χ1n) is 6.78. The molecule has 0 bridgehead atoms. The first-order chi connectivity index (χ1) is 8.86. The highest BCUT2D eigenvalue weighted by Gasteiger charge is 2.28. The lowest BCUT2D eigenvalue weighted by molar-refractivity contribution is -0.00606. The van der Waals surface area contributed by atoms with Crippen molar-refractivity contribution in [3.63, 3.8) is 0 Å². The fourth-order valence-electron chi connectivity index (χ4n) is 2.52. The van der Waals surface area contributed by atoms with Crippen LogP contribution in [0.2, 0.25) is 0 Å². The molecule has 0 aliphatic carbocycles. The van der Waals surface area contributed by atoms with Crippen molar-refractivity contribution in [3.05, 3.63) is 35.4 Å². The van der Waals surface area contributed by atoms with E-state index in [9.17, 15) is 0 Å². The number of rotatable bonds is 6. The van der Waals surface area contributed by atoms with Crippen LogP contribution in [0.1, 0.15) is 30.6 Å². The summed E-state index contributed by atoms with van der Waals surface area (Å²) in [5.41, 5.74) is 2.72. The van der Waals surface area contributed by atoms with Crippen molar-refractivity contribution in [2.75, 3.05) is 26.9 Å². The predicted octanol–water partition coefficient (Wildman–Crippen LogP) is 2.32. The van der Waals surface area contributed by atoms with Crippen molar-refractivity contribution >= 4 is 0 Å². The van der Waals surface area contributed by atoms with Crippen molar-refractivity contribution in [3.8, 4) is 0 Å². The summed E-state index contributed by atoms with van der Waals surface area (Å²) in [5, 5.41) is 3.53. The summed E-state index contributed by atoms with van der Waals surface area (Å²) in [4.78, 5) is 0. The number of hydrogen-bond donors (Lipinski definition) is 1. The van der Waals surface area contributed by atoms with E-state index in [1.807, 2.05) is 0 Å². The second kappa shape index (κ2) is 6.88. The highest BCUT2D eigenvalue weighted by molar-refractivity contribution is 5.32. The van der Waals surface area contributed by atoms with Crippen LogP contribution < -0.4 is 5.32 Å². The Morgan fingerprint density at radius 1 is 1.44 bits per heavy atom. The predicted molar refractivity (Wildman–Crippen MR) is 72.8 cm³/mol. The Morgan fingerprint density at radius 2 is 2.28 bits per heavy atom. The SMILES string of the molecule is CCCNC(COC)C1OCCc2ccccc21. The summed E-state index contributed by atoms with van der Waals surface area (Å²) >= 11 is 0. The minimum Gasteiger partial charge on any atom is -0.383 e. The van der Waals surface area contributed by atoms with Gasteiger partial charge in [-0.2, -0.15) is 0 Å². The standard InChI is InChI=1S/C15H23NO2/c1-3-9-16-14(11-17-2)15-13-7-5-4-6-12(13)8-10-18-15/h4-7,14-16H,3,8-11H2,1-2H3. The van der Waals surface area contributed by atoms with Gasteiger partial charge in [-0.15, -0.1) is 0 Å². The van der Waals surface area contributed by atoms with Crippen LogP contribution in [0.15, 0.2) is 24.3 Å². The first kappa shape index (κ1) is 13.5. The highest BCUT2D eigenvalue weighted by atomic mass is 16.5. The number of hydrogen-bond acceptors (Lipinski definition) is 3. The Hall–Kier alpha value is -0.900. The molecular formula is C15H23NO2. The minimum atomic E-state index is 0.112. The van der Waals surface area contributed by atoms with Crippen LogP contribution >= 0.6 is 0 Å². The molecule has 3 nitrogen and oxygen atoms in total. The van der Waals surface area contributed by atoms with E-state index in [0.29, 0.717) is 6.61 Å². The average molecular weight is 249 g/mol. The van der Waals surface area contributed by atoms with Crippen LogP contribution in [0.4, 0.5) is 0 Å². The molecule has 2 atom stereocenters. The normalized spacial score (nSPS) is 20.4. The highest BCUT2D eigenvalue weighted by Crippen LogP contribution is 2.29. The minimum absolute atomic E-state index is 0.112. The maximum Gasteiger partial charge on any atom is 0.100 e. The Bertz CT molecular complexity index is 367. The second-order valence-electron chi connectivity index (χ2n) is 4.76. The summed E-state index contributed by atoms with van der Waals surface area (Å²) in [6, 6.07) is 8.80. The van der Waals surface area contributed by atoms with Gasteiger partial charge in [0.05, 0.1) is 19.3 Å². The monoisotopic (exact) mass is 249 g/mol. The third-order valence-electron chi connectivity index (χ3n) is 3.40. The maximum atomic E-state index is 5.97. The fourth-order valence-corrected chi connectivity index (χ4v) is 2.52. The largest absolute Gasteiger partial charge is 0.383 e. The van der Waals surface area contributed by atoms with E-state index in [0.717, 1.165) is 26.0 Å². The molecule has 1 aromatic carbocycles. The molecule has 2 rings (SSSR count). The lowest BCUT2D eigenvalue weighted by atomic mass is 9.93. The maximum absolute atomic E-state index is 5.97. The lowest BCUT2D eigenvalue weighted by Crippen LogP contribution is -2.41. The smallest absolute Gasteiger partial charge is 0.100 e. The van der Waals surface area contributed by atoms with Gasteiger partial charge in [0.15, 0.2) is 0 Å². The van der Waals surface area contributed by atoms with Crippen LogP contribution in [0, 0.1) is 0 Å². The summed E-state index contributed by atoms with van der Waals surface area (Å²) in [6.45, 7) is 4.65. The molecule has 0 saturated carbocycles. The van der Waals surface area contributed by atoms with E-state index in [1.165, 1.54) is 11.1 Å². The molecule has 1 aliphatic rings. The molecule has 18 heavy (non-hydrogen) atoms.